The number of hydrogen-bond acceptors (Lipinski definition) is 1. The fourth-order valence-corrected chi connectivity index (χ4v) is 2.39. The number of benzene rings is 2. The zero-order chi connectivity index (χ0) is 13.7. The molecule has 0 saturated carbocycles. The van der Waals surface area contributed by atoms with Crippen molar-refractivity contribution in [1.82, 2.24) is 0 Å². The second kappa shape index (κ2) is 6.62. The summed E-state index contributed by atoms with van der Waals surface area (Å²) in [7, 11) is 0. The Morgan fingerprint density at radius 2 is 1.84 bits per heavy atom. The van der Waals surface area contributed by atoms with Crippen LogP contribution < -0.4 is 0 Å². The molecule has 0 amide bonds. The quantitative estimate of drug-likeness (QED) is 0.801. The average molecular weight is 321 g/mol. The van der Waals surface area contributed by atoms with Gasteiger partial charge in [0.2, 0.25) is 0 Å². The summed E-state index contributed by atoms with van der Waals surface area (Å²) in [4.78, 5) is 11.9. The summed E-state index contributed by atoms with van der Waals surface area (Å²) in [6, 6.07) is 14.3. The van der Waals surface area contributed by atoms with Crippen LogP contribution in [0, 0.1) is 5.82 Å². The molecule has 0 aliphatic heterocycles. The van der Waals surface area contributed by atoms with Crippen molar-refractivity contribution in [1.29, 1.82) is 0 Å². The zero-order valence-corrected chi connectivity index (χ0v) is 12.0. The molecule has 98 valence electrons. The van der Waals surface area contributed by atoms with Gasteiger partial charge < -0.3 is 0 Å². The van der Waals surface area contributed by atoms with E-state index in [4.69, 9.17) is 0 Å². The molecule has 19 heavy (non-hydrogen) atoms. The van der Waals surface area contributed by atoms with E-state index in [0.29, 0.717) is 17.3 Å². The van der Waals surface area contributed by atoms with Gasteiger partial charge in [-0.15, -0.1) is 0 Å². The predicted octanol–water partition coefficient (Wildman–Crippen LogP) is 4.33. The molecule has 0 bridgehead atoms. The Morgan fingerprint density at radius 1 is 1.11 bits per heavy atom. The van der Waals surface area contributed by atoms with E-state index < -0.39 is 0 Å². The van der Waals surface area contributed by atoms with Gasteiger partial charge in [-0.1, -0.05) is 52.3 Å². The molecule has 3 heteroatoms. The smallest absolute Gasteiger partial charge is 0.137 e. The van der Waals surface area contributed by atoms with Gasteiger partial charge >= 0.3 is 0 Å². The van der Waals surface area contributed by atoms with E-state index in [1.54, 1.807) is 6.07 Å². The molecular weight excluding hydrogens is 307 g/mol. The minimum atomic E-state index is -0.299. The van der Waals surface area contributed by atoms with Crippen LogP contribution in [0.4, 0.5) is 4.39 Å². The van der Waals surface area contributed by atoms with E-state index in [0.717, 1.165) is 17.5 Å². The van der Waals surface area contributed by atoms with Crippen LogP contribution in [0.15, 0.2) is 53.0 Å². The van der Waals surface area contributed by atoms with Gasteiger partial charge in [-0.2, -0.15) is 0 Å². The lowest BCUT2D eigenvalue weighted by Crippen LogP contribution is -2.05. The third-order valence-electron chi connectivity index (χ3n) is 2.94. The molecule has 0 aromatic heterocycles. The summed E-state index contributed by atoms with van der Waals surface area (Å²) in [5.41, 5.74) is 1.99. The first-order chi connectivity index (χ1) is 9.15. The van der Waals surface area contributed by atoms with Crippen molar-refractivity contribution < 1.29 is 9.18 Å². The summed E-state index contributed by atoms with van der Waals surface area (Å²) in [5, 5.41) is 0. The number of Topliss-reactive ketones (excluding diaryl/α,β-unsaturated/α-hetero) is 1. The van der Waals surface area contributed by atoms with Crippen LogP contribution in [0.1, 0.15) is 17.5 Å². The fourth-order valence-electron chi connectivity index (χ4n) is 1.89. The lowest BCUT2D eigenvalue weighted by molar-refractivity contribution is -0.118. The maximum atomic E-state index is 12.9. The Hall–Kier alpha value is -1.48. The Labute approximate surface area is 120 Å². The molecule has 0 aliphatic carbocycles. The highest BCUT2D eigenvalue weighted by atomic mass is 79.9. The number of hydrogen-bond donors (Lipinski definition) is 0. The van der Waals surface area contributed by atoms with E-state index in [2.05, 4.69) is 15.9 Å². The van der Waals surface area contributed by atoms with Crippen LogP contribution in [0.25, 0.3) is 0 Å². The van der Waals surface area contributed by atoms with Crippen molar-refractivity contribution in [3.63, 3.8) is 0 Å². The molecule has 0 radical (unpaired) electrons. The van der Waals surface area contributed by atoms with Gasteiger partial charge in [-0.3, -0.25) is 4.79 Å². The first kappa shape index (κ1) is 13.9. The normalized spacial score (nSPS) is 10.4. The number of ketones is 1. The fraction of sp³-hybridized carbons (Fsp3) is 0.188. The molecule has 2 aromatic rings. The van der Waals surface area contributed by atoms with Crippen molar-refractivity contribution in [2.45, 2.75) is 19.3 Å². The van der Waals surface area contributed by atoms with Gasteiger partial charge in [-0.05, 0) is 29.7 Å². The average Bonchev–Trinajstić information content (AvgIpc) is 2.41. The highest BCUT2D eigenvalue weighted by Crippen LogP contribution is 2.19. The van der Waals surface area contributed by atoms with Gasteiger partial charge in [0.05, 0.1) is 0 Å². The highest BCUT2D eigenvalue weighted by Gasteiger charge is 2.08. The molecule has 0 spiro atoms. The number of rotatable bonds is 5. The molecule has 0 atom stereocenters. The van der Waals surface area contributed by atoms with E-state index >= 15 is 0 Å². The number of halogens is 2. The maximum Gasteiger partial charge on any atom is 0.137 e. The molecule has 2 rings (SSSR count). The van der Waals surface area contributed by atoms with Crippen molar-refractivity contribution >= 4 is 21.7 Å². The molecule has 0 unspecified atom stereocenters. The maximum absolute atomic E-state index is 12.9. The van der Waals surface area contributed by atoms with Crippen LogP contribution in [-0.4, -0.2) is 5.78 Å². The largest absolute Gasteiger partial charge is 0.299 e. The van der Waals surface area contributed by atoms with Gasteiger partial charge in [-0.25, -0.2) is 4.39 Å². The Kier molecular flexibility index (Phi) is 4.86. The van der Waals surface area contributed by atoms with Gasteiger partial charge in [0.25, 0.3) is 0 Å². The molecule has 0 fully saturated rings. The number of carbonyl (C=O) groups is 1. The summed E-state index contributed by atoms with van der Waals surface area (Å²) < 4.78 is 13.6. The van der Waals surface area contributed by atoms with Crippen LogP contribution in [-0.2, 0) is 17.6 Å². The molecule has 0 N–H and O–H groups in total. The van der Waals surface area contributed by atoms with E-state index in [1.807, 2.05) is 30.3 Å². The van der Waals surface area contributed by atoms with Crippen molar-refractivity contribution in [3.8, 4) is 0 Å². The first-order valence-electron chi connectivity index (χ1n) is 6.15. The molecule has 2 aromatic carbocycles. The topological polar surface area (TPSA) is 17.1 Å². The standard InChI is InChI=1S/C16H14BrFO/c17-16-11-14(18)8-7-13(16)10-15(19)9-6-12-4-2-1-3-5-12/h1-5,7-8,11H,6,9-10H2. The minimum absolute atomic E-state index is 0.163. The summed E-state index contributed by atoms with van der Waals surface area (Å²) in [6.07, 6.45) is 1.60. The summed E-state index contributed by atoms with van der Waals surface area (Å²) in [5.74, 6) is -0.136. The third kappa shape index (κ3) is 4.28. The van der Waals surface area contributed by atoms with Crippen molar-refractivity contribution in [3.05, 3.63) is 69.9 Å². The third-order valence-corrected chi connectivity index (χ3v) is 3.68. The van der Waals surface area contributed by atoms with E-state index in [-0.39, 0.29) is 11.6 Å². The van der Waals surface area contributed by atoms with E-state index in [9.17, 15) is 9.18 Å². The SMILES string of the molecule is O=C(CCc1ccccc1)Cc1ccc(F)cc1Br. The Bertz CT molecular complexity index is 566. The second-order valence-electron chi connectivity index (χ2n) is 4.44. The van der Waals surface area contributed by atoms with E-state index in [1.165, 1.54) is 12.1 Å². The van der Waals surface area contributed by atoms with Gasteiger partial charge in [0, 0.05) is 17.3 Å². The lowest BCUT2D eigenvalue weighted by Gasteiger charge is -2.04. The van der Waals surface area contributed by atoms with Crippen molar-refractivity contribution in [2.24, 2.45) is 0 Å². The lowest BCUT2D eigenvalue weighted by atomic mass is 10.0. The molecular formula is C16H14BrFO. The number of carbonyl (C=O) groups excluding carboxylic acids is 1. The Balaban J connectivity index is 1.91. The monoisotopic (exact) mass is 320 g/mol. The second-order valence-corrected chi connectivity index (χ2v) is 5.29. The highest BCUT2D eigenvalue weighted by molar-refractivity contribution is 9.10. The van der Waals surface area contributed by atoms with Crippen LogP contribution in [0.3, 0.4) is 0 Å². The van der Waals surface area contributed by atoms with Crippen molar-refractivity contribution in [2.75, 3.05) is 0 Å². The molecule has 0 heterocycles. The minimum Gasteiger partial charge on any atom is -0.299 e. The van der Waals surface area contributed by atoms with Crippen LogP contribution >= 0.6 is 15.9 Å². The molecule has 0 aliphatic rings. The first-order valence-corrected chi connectivity index (χ1v) is 6.94. The number of aryl methyl sites for hydroxylation is 1. The summed E-state index contributed by atoms with van der Waals surface area (Å²) in [6.45, 7) is 0. The Morgan fingerprint density at radius 3 is 2.53 bits per heavy atom. The predicted molar refractivity (Wildman–Crippen MR) is 77.6 cm³/mol. The van der Waals surface area contributed by atoms with Gasteiger partial charge in [0.15, 0.2) is 0 Å². The molecule has 0 saturated heterocycles. The molecule has 1 nitrogen and oxygen atoms in total. The van der Waals surface area contributed by atoms with Crippen LogP contribution in [0.2, 0.25) is 0 Å². The zero-order valence-electron chi connectivity index (χ0n) is 10.4. The summed E-state index contributed by atoms with van der Waals surface area (Å²) >= 11 is 3.28. The van der Waals surface area contributed by atoms with Crippen LogP contribution in [0.5, 0.6) is 0 Å². The van der Waals surface area contributed by atoms with Gasteiger partial charge in [0.1, 0.15) is 11.6 Å².